The molecule has 3 aromatic rings. The van der Waals surface area contributed by atoms with Gasteiger partial charge in [-0.3, -0.25) is 0 Å². The zero-order valence-electron chi connectivity index (χ0n) is 15.1. The molecule has 0 spiro atoms. The second-order valence-electron chi connectivity index (χ2n) is 6.34. The zero-order valence-corrected chi connectivity index (χ0v) is 16.7. The smallest absolute Gasteiger partial charge is 0.339 e. The molecule has 144 valence electrons. The lowest BCUT2D eigenvalue weighted by Crippen LogP contribution is -2.05. The third-order valence-electron chi connectivity index (χ3n) is 4.47. The van der Waals surface area contributed by atoms with E-state index >= 15 is 0 Å². The average Bonchev–Trinajstić information content (AvgIpc) is 3.01. The van der Waals surface area contributed by atoms with Gasteiger partial charge < -0.3 is 18.8 Å². The molecule has 0 bridgehead atoms. The van der Waals surface area contributed by atoms with Gasteiger partial charge in [-0.1, -0.05) is 22.0 Å². The number of carbonyl (C=O) groups excluding carboxylic acids is 1. The van der Waals surface area contributed by atoms with E-state index in [1.165, 1.54) is 19.2 Å². The number of carbonyl (C=O) groups is 1. The fourth-order valence-corrected chi connectivity index (χ4v) is 3.76. The molecule has 1 aromatic heterocycles. The van der Waals surface area contributed by atoms with Gasteiger partial charge in [0.15, 0.2) is 0 Å². The lowest BCUT2D eigenvalue weighted by atomic mass is 10.1. The van der Waals surface area contributed by atoms with Gasteiger partial charge in [0.05, 0.1) is 30.5 Å². The maximum atomic E-state index is 13.6. The molecular weight excluding hydrogens is 429 g/mol. The van der Waals surface area contributed by atoms with Crippen molar-refractivity contribution in [2.45, 2.75) is 13.2 Å². The number of esters is 1. The van der Waals surface area contributed by atoms with Gasteiger partial charge >= 0.3 is 5.97 Å². The Bertz CT molecular complexity index is 1030. The predicted molar refractivity (Wildman–Crippen MR) is 105 cm³/mol. The van der Waals surface area contributed by atoms with Crippen LogP contribution < -0.4 is 9.47 Å². The van der Waals surface area contributed by atoms with E-state index < -0.39 is 5.97 Å². The van der Waals surface area contributed by atoms with Crippen LogP contribution in [0.2, 0.25) is 0 Å². The van der Waals surface area contributed by atoms with Crippen molar-refractivity contribution in [1.82, 2.24) is 4.57 Å². The Morgan fingerprint density at radius 3 is 2.93 bits per heavy atom. The summed E-state index contributed by atoms with van der Waals surface area (Å²) in [5.41, 5.74) is 2.73. The van der Waals surface area contributed by atoms with Gasteiger partial charge in [-0.15, -0.1) is 0 Å². The van der Waals surface area contributed by atoms with Crippen LogP contribution in [0.3, 0.4) is 0 Å². The highest BCUT2D eigenvalue weighted by Crippen LogP contribution is 2.41. The molecule has 0 N–H and O–H groups in total. The first-order valence-electron chi connectivity index (χ1n) is 8.67. The number of ether oxygens (including phenoxy) is 3. The molecule has 0 unspecified atom stereocenters. The van der Waals surface area contributed by atoms with Crippen LogP contribution in [-0.4, -0.2) is 24.3 Å². The minimum Gasteiger partial charge on any atom is -0.491 e. The Morgan fingerprint density at radius 1 is 1.29 bits per heavy atom. The molecule has 5 nitrogen and oxygen atoms in total. The molecule has 2 heterocycles. The van der Waals surface area contributed by atoms with Crippen molar-refractivity contribution in [3.05, 3.63) is 70.1 Å². The fourth-order valence-electron chi connectivity index (χ4n) is 3.25. The van der Waals surface area contributed by atoms with Gasteiger partial charge in [-0.2, -0.15) is 0 Å². The van der Waals surface area contributed by atoms with E-state index in [1.807, 2.05) is 22.8 Å². The normalized spacial score (nSPS) is 12.4. The van der Waals surface area contributed by atoms with E-state index in [0.717, 1.165) is 11.3 Å². The summed E-state index contributed by atoms with van der Waals surface area (Å²) in [5.74, 6) is 0.535. The van der Waals surface area contributed by atoms with Crippen molar-refractivity contribution < 1.29 is 23.4 Å². The summed E-state index contributed by atoms with van der Waals surface area (Å²) in [6, 6.07) is 11.9. The Hall–Kier alpha value is -2.80. The van der Waals surface area contributed by atoms with Crippen molar-refractivity contribution in [2.24, 2.45) is 0 Å². The SMILES string of the molecule is COC(=O)c1cc2n(c1)CCOc1cccc(OCc3cc(F)cc(Br)c3)c1-2. The van der Waals surface area contributed by atoms with E-state index in [0.29, 0.717) is 40.3 Å². The number of nitrogens with zero attached hydrogens (tertiary/aromatic N) is 1. The van der Waals surface area contributed by atoms with Crippen molar-refractivity contribution in [2.75, 3.05) is 13.7 Å². The largest absolute Gasteiger partial charge is 0.491 e. The van der Waals surface area contributed by atoms with Crippen molar-refractivity contribution in [1.29, 1.82) is 0 Å². The van der Waals surface area contributed by atoms with E-state index in [9.17, 15) is 9.18 Å². The summed E-state index contributed by atoms with van der Waals surface area (Å²) >= 11 is 3.29. The number of benzene rings is 2. The zero-order chi connectivity index (χ0) is 19.7. The molecule has 0 atom stereocenters. The summed E-state index contributed by atoms with van der Waals surface area (Å²) in [4.78, 5) is 12.0. The van der Waals surface area contributed by atoms with Crippen LogP contribution in [-0.2, 0) is 17.9 Å². The summed E-state index contributed by atoms with van der Waals surface area (Å²) in [7, 11) is 1.36. The van der Waals surface area contributed by atoms with Crippen molar-refractivity contribution in [3.63, 3.8) is 0 Å². The lowest BCUT2D eigenvalue weighted by molar-refractivity contribution is 0.0600. The summed E-state index contributed by atoms with van der Waals surface area (Å²) in [6.45, 7) is 1.25. The van der Waals surface area contributed by atoms with Crippen molar-refractivity contribution in [3.8, 4) is 22.8 Å². The van der Waals surface area contributed by atoms with E-state index in [2.05, 4.69) is 15.9 Å². The van der Waals surface area contributed by atoms with Gasteiger partial charge in [0.2, 0.25) is 0 Å². The van der Waals surface area contributed by atoms with E-state index in [1.54, 1.807) is 18.3 Å². The Morgan fingerprint density at radius 2 is 2.14 bits per heavy atom. The first-order valence-corrected chi connectivity index (χ1v) is 9.47. The monoisotopic (exact) mass is 445 g/mol. The highest BCUT2D eigenvalue weighted by molar-refractivity contribution is 9.10. The van der Waals surface area contributed by atoms with Crippen LogP contribution in [0.5, 0.6) is 11.5 Å². The minimum absolute atomic E-state index is 0.192. The number of methoxy groups -OCH3 is 1. The number of fused-ring (bicyclic) bond motifs is 3. The molecule has 0 aliphatic carbocycles. The second kappa shape index (κ2) is 7.67. The molecule has 0 saturated heterocycles. The quantitative estimate of drug-likeness (QED) is 0.540. The maximum Gasteiger partial charge on any atom is 0.339 e. The topological polar surface area (TPSA) is 49.7 Å². The second-order valence-corrected chi connectivity index (χ2v) is 7.26. The molecular formula is C21H17BrFNO4. The summed E-state index contributed by atoms with van der Waals surface area (Å²) < 4.78 is 32.9. The average molecular weight is 446 g/mol. The predicted octanol–water partition coefficient (Wildman–Crippen LogP) is 4.81. The highest BCUT2D eigenvalue weighted by atomic mass is 79.9. The third kappa shape index (κ3) is 3.62. The highest BCUT2D eigenvalue weighted by Gasteiger charge is 2.23. The van der Waals surface area contributed by atoms with Gasteiger partial charge in [-0.05, 0) is 42.0 Å². The van der Waals surface area contributed by atoms with Crippen LogP contribution in [0.15, 0.2) is 53.1 Å². The molecule has 0 saturated carbocycles. The van der Waals surface area contributed by atoms with Crippen LogP contribution in [0.4, 0.5) is 4.39 Å². The summed E-state index contributed by atoms with van der Waals surface area (Å²) in [6.07, 6.45) is 1.75. The van der Waals surface area contributed by atoms with Gasteiger partial charge in [-0.25, -0.2) is 9.18 Å². The maximum absolute atomic E-state index is 13.6. The molecule has 1 aliphatic heterocycles. The van der Waals surface area contributed by atoms with Gasteiger partial charge in [0.1, 0.15) is 30.5 Å². The molecule has 7 heteroatoms. The molecule has 1 aliphatic rings. The number of rotatable bonds is 4. The van der Waals surface area contributed by atoms with Crippen LogP contribution in [0, 0.1) is 5.82 Å². The van der Waals surface area contributed by atoms with Crippen LogP contribution in [0.1, 0.15) is 15.9 Å². The minimum atomic E-state index is -0.397. The van der Waals surface area contributed by atoms with Gasteiger partial charge in [0.25, 0.3) is 0 Å². The number of hydrogen-bond acceptors (Lipinski definition) is 4. The van der Waals surface area contributed by atoms with Crippen LogP contribution in [0.25, 0.3) is 11.3 Å². The number of halogens is 2. The Kier molecular flexibility index (Phi) is 5.09. The fraction of sp³-hybridized carbons (Fsp3) is 0.190. The Balaban J connectivity index is 1.71. The number of hydrogen-bond donors (Lipinski definition) is 0. The first kappa shape index (κ1) is 18.6. The molecule has 2 aromatic carbocycles. The molecule has 4 rings (SSSR count). The van der Waals surface area contributed by atoms with E-state index in [4.69, 9.17) is 14.2 Å². The molecule has 0 amide bonds. The van der Waals surface area contributed by atoms with E-state index in [-0.39, 0.29) is 12.4 Å². The molecule has 28 heavy (non-hydrogen) atoms. The van der Waals surface area contributed by atoms with Crippen LogP contribution >= 0.6 is 15.9 Å². The molecule has 0 fully saturated rings. The third-order valence-corrected chi connectivity index (χ3v) is 4.93. The number of aromatic nitrogens is 1. The van der Waals surface area contributed by atoms with Crippen molar-refractivity contribution >= 4 is 21.9 Å². The first-order chi connectivity index (χ1) is 13.5. The lowest BCUT2D eigenvalue weighted by Gasteiger charge is -2.14. The standard InChI is InChI=1S/C21H17BrFNO4/c1-26-21(25)14-9-17-20-18(27-6-5-24(17)11-14)3-2-4-19(20)28-12-13-7-15(22)10-16(23)8-13/h2-4,7-11H,5-6,12H2,1H3. The Labute approximate surface area is 169 Å². The summed E-state index contributed by atoms with van der Waals surface area (Å²) in [5, 5.41) is 0. The van der Waals surface area contributed by atoms with Gasteiger partial charge in [0, 0.05) is 10.7 Å². The molecule has 0 radical (unpaired) electrons.